The Balaban J connectivity index is 1.48. The lowest BCUT2D eigenvalue weighted by Crippen LogP contribution is -2.56. The maximum atomic E-state index is 14.4. The maximum Gasteiger partial charge on any atom is 0.162 e. The predicted octanol–water partition coefficient (Wildman–Crippen LogP) is 6.00. The molecule has 2 bridgehead atoms. The largest absolute Gasteiger partial charge is 0.496 e. The summed E-state index contributed by atoms with van der Waals surface area (Å²) < 4.78 is 6.06. The minimum atomic E-state index is -0.503. The van der Waals surface area contributed by atoms with E-state index in [4.69, 9.17) is 9.57 Å². The van der Waals surface area contributed by atoms with Crippen molar-refractivity contribution < 1.29 is 24.3 Å². The van der Waals surface area contributed by atoms with Crippen molar-refractivity contribution in [3.8, 4) is 16.9 Å². The molecule has 1 heterocycles. The number of fused-ring (bicyclic) bond motifs is 2. The second kappa shape index (κ2) is 13.8. The third kappa shape index (κ3) is 6.26. The smallest absolute Gasteiger partial charge is 0.162 e. The molecule has 8 heteroatoms. The normalized spacial score (nSPS) is 29.2. The van der Waals surface area contributed by atoms with E-state index in [9.17, 15) is 14.7 Å². The highest BCUT2D eigenvalue weighted by atomic mass is 16.7. The van der Waals surface area contributed by atoms with Gasteiger partial charge in [-0.3, -0.25) is 14.4 Å². The van der Waals surface area contributed by atoms with Gasteiger partial charge in [0.2, 0.25) is 0 Å². The number of carbonyl (C=O) groups is 2. The number of aliphatic hydroxyl groups is 1. The van der Waals surface area contributed by atoms with E-state index in [1.54, 1.807) is 7.11 Å². The van der Waals surface area contributed by atoms with Crippen molar-refractivity contribution in [2.75, 3.05) is 39.8 Å². The number of methoxy groups -OCH3 is 1. The van der Waals surface area contributed by atoms with Gasteiger partial charge in [0, 0.05) is 61.3 Å². The first-order valence-electron chi connectivity index (χ1n) is 17.1. The highest BCUT2D eigenvalue weighted by molar-refractivity contribution is 5.98. The van der Waals surface area contributed by atoms with Crippen LogP contribution in [0, 0.1) is 35.0 Å². The Morgan fingerprint density at radius 2 is 1.93 bits per heavy atom. The Kier molecular flexibility index (Phi) is 10.3. The van der Waals surface area contributed by atoms with Crippen LogP contribution < -0.4 is 15.0 Å². The molecule has 1 unspecified atom stereocenters. The number of nitrogens with zero attached hydrogens (tertiary/aromatic N) is 2. The molecule has 8 atom stereocenters. The molecule has 1 saturated heterocycles. The number of hydroxylamine groups is 2. The van der Waals surface area contributed by atoms with E-state index in [1.807, 2.05) is 68.4 Å². The first-order chi connectivity index (χ1) is 21.9. The molecule has 0 amide bonds. The van der Waals surface area contributed by atoms with Gasteiger partial charge in [-0.15, -0.1) is 0 Å². The Morgan fingerprint density at radius 1 is 1.20 bits per heavy atom. The number of hydrogen-bond donors (Lipinski definition) is 2. The van der Waals surface area contributed by atoms with Crippen LogP contribution in [0.3, 0.4) is 0 Å². The molecule has 1 aliphatic heterocycles. The third-order valence-corrected chi connectivity index (χ3v) is 11.9. The molecule has 6 rings (SSSR count). The number of nitrogens with one attached hydrogen (secondary N) is 1. The van der Waals surface area contributed by atoms with E-state index >= 15 is 0 Å². The highest BCUT2D eigenvalue weighted by Gasteiger charge is 2.57. The number of benzene rings is 2. The van der Waals surface area contributed by atoms with Gasteiger partial charge in [0.15, 0.2) is 11.6 Å². The summed E-state index contributed by atoms with van der Waals surface area (Å²) in [7, 11) is 7.48. The van der Waals surface area contributed by atoms with Gasteiger partial charge in [0.1, 0.15) is 17.9 Å². The van der Waals surface area contributed by atoms with Crippen LogP contribution >= 0.6 is 0 Å². The van der Waals surface area contributed by atoms with Gasteiger partial charge in [0.05, 0.1) is 20.3 Å². The number of hydrogen-bond acceptors (Lipinski definition) is 8. The zero-order chi connectivity index (χ0) is 33.5. The van der Waals surface area contributed by atoms with Crippen LogP contribution in [0.5, 0.6) is 5.75 Å². The minimum Gasteiger partial charge on any atom is -0.496 e. The fourth-order valence-corrected chi connectivity index (χ4v) is 8.80. The summed E-state index contributed by atoms with van der Waals surface area (Å²) in [4.78, 5) is 35.6. The van der Waals surface area contributed by atoms with E-state index in [0.717, 1.165) is 28.8 Å². The summed E-state index contributed by atoms with van der Waals surface area (Å²) in [6.07, 6.45) is 2.84. The molecule has 2 N–H and O–H groups in total. The van der Waals surface area contributed by atoms with Crippen molar-refractivity contribution in [1.82, 2.24) is 10.4 Å². The Hall–Kier alpha value is -2.78. The van der Waals surface area contributed by atoms with Crippen LogP contribution in [0.25, 0.3) is 11.1 Å². The van der Waals surface area contributed by atoms with Gasteiger partial charge in [-0.2, -0.15) is 5.06 Å². The fraction of sp³-hybridized carbons (Fsp3) is 0.632. The van der Waals surface area contributed by atoms with E-state index in [1.165, 1.54) is 6.42 Å². The number of ether oxygens (including phenoxy) is 1. The minimum absolute atomic E-state index is 0.0382. The van der Waals surface area contributed by atoms with Crippen molar-refractivity contribution in [2.24, 2.45) is 35.0 Å². The van der Waals surface area contributed by atoms with Crippen LogP contribution in [0.2, 0.25) is 0 Å². The van der Waals surface area contributed by atoms with Crippen LogP contribution in [-0.4, -0.2) is 74.8 Å². The van der Waals surface area contributed by atoms with Gasteiger partial charge in [-0.25, -0.2) is 0 Å². The lowest BCUT2D eigenvalue weighted by atomic mass is 9.43. The molecule has 0 radical (unpaired) electrons. The van der Waals surface area contributed by atoms with Gasteiger partial charge in [0.25, 0.3) is 0 Å². The Morgan fingerprint density at radius 3 is 2.52 bits per heavy atom. The zero-order valence-electron chi connectivity index (χ0n) is 29.3. The molecule has 8 nitrogen and oxygen atoms in total. The standard InChI is InChI=1S/C38H55N3O5/c1-10-32(43)27-14-26(16-29(17-27)40(7)8)30-13-11-12-24(37(30)45-9)20-41-36(35(23(3)39-6)34(21-42)46-41)33(44)18-25-15-28-19-31(22(25)2)38(28,4)5/h11-14,16-17,22-23,25,28,31,34-36,39,42H,10,15,18-21H2,1-9H3/t22-,23?,25-,28+,31+,34+,35-,36-/m1/s1. The maximum absolute atomic E-state index is 14.4. The molecule has 3 saturated carbocycles. The molecule has 4 fully saturated rings. The average Bonchev–Trinajstić information content (AvgIpc) is 3.42. The SMILES string of the molecule is CCC(=O)c1cc(-c2cccc(CN3O[C@@H](CO)[C@@H](C(C)NC)[C@H]3C(=O)C[C@H]3C[C@H]4C[C@@H]([C@@H]3C)C4(C)C)c2OC)cc(N(C)C)c1. The number of para-hydroxylation sites is 1. The van der Waals surface area contributed by atoms with Crippen molar-refractivity contribution >= 4 is 17.3 Å². The molecular weight excluding hydrogens is 578 g/mol. The summed E-state index contributed by atoms with van der Waals surface area (Å²) in [5.41, 5.74) is 4.59. The van der Waals surface area contributed by atoms with Crippen molar-refractivity contribution in [1.29, 1.82) is 0 Å². The molecule has 0 spiro atoms. The van der Waals surface area contributed by atoms with E-state index in [2.05, 4.69) is 39.1 Å². The topological polar surface area (TPSA) is 91.3 Å². The van der Waals surface area contributed by atoms with Crippen LogP contribution in [0.4, 0.5) is 5.69 Å². The fourth-order valence-electron chi connectivity index (χ4n) is 8.80. The van der Waals surface area contributed by atoms with Gasteiger partial charge >= 0.3 is 0 Å². The number of Topliss-reactive ketones (excluding diaryl/α,β-unsaturated/α-hetero) is 2. The predicted molar refractivity (Wildman–Crippen MR) is 183 cm³/mol. The summed E-state index contributed by atoms with van der Waals surface area (Å²) in [6.45, 7) is 11.2. The summed E-state index contributed by atoms with van der Waals surface area (Å²) in [5, 5.41) is 15.6. The molecule has 4 aliphatic rings. The molecule has 0 aromatic heterocycles. The monoisotopic (exact) mass is 633 g/mol. The number of rotatable bonds is 13. The molecular formula is C38H55N3O5. The lowest BCUT2D eigenvalue weighted by molar-refractivity contribution is -0.182. The molecule has 2 aromatic carbocycles. The first kappa shape index (κ1) is 34.6. The lowest BCUT2D eigenvalue weighted by Gasteiger charge is -2.62. The molecule has 46 heavy (non-hydrogen) atoms. The number of anilines is 1. The first-order valence-corrected chi connectivity index (χ1v) is 17.1. The third-order valence-electron chi connectivity index (χ3n) is 11.9. The summed E-state index contributed by atoms with van der Waals surface area (Å²) >= 11 is 0. The van der Waals surface area contributed by atoms with Crippen LogP contribution in [-0.2, 0) is 16.2 Å². The molecule has 252 valence electrons. The average molecular weight is 634 g/mol. The Bertz CT molecular complexity index is 1420. The number of ketones is 2. The van der Waals surface area contributed by atoms with Crippen molar-refractivity contribution in [3.63, 3.8) is 0 Å². The van der Waals surface area contributed by atoms with Crippen molar-refractivity contribution in [2.45, 2.75) is 85.0 Å². The second-order valence-corrected chi connectivity index (χ2v) is 14.8. The van der Waals surface area contributed by atoms with Gasteiger partial charge in [-0.1, -0.05) is 45.9 Å². The molecule has 3 aliphatic carbocycles. The van der Waals surface area contributed by atoms with Crippen molar-refractivity contribution in [3.05, 3.63) is 47.5 Å². The van der Waals surface area contributed by atoms with Gasteiger partial charge in [-0.05, 0) is 79.7 Å². The number of aliphatic hydroxyl groups excluding tert-OH is 1. The number of carbonyl (C=O) groups excluding carboxylic acids is 2. The van der Waals surface area contributed by atoms with E-state index in [-0.39, 0.29) is 30.1 Å². The quantitative estimate of drug-likeness (QED) is 0.260. The summed E-state index contributed by atoms with van der Waals surface area (Å²) in [5.74, 6) is 2.97. The summed E-state index contributed by atoms with van der Waals surface area (Å²) in [6, 6.07) is 11.4. The van der Waals surface area contributed by atoms with Crippen LogP contribution in [0.1, 0.15) is 76.2 Å². The second-order valence-electron chi connectivity index (χ2n) is 14.8. The Labute approximate surface area is 275 Å². The zero-order valence-corrected chi connectivity index (χ0v) is 29.3. The molecule has 2 aromatic rings. The van der Waals surface area contributed by atoms with E-state index in [0.29, 0.717) is 59.8 Å². The highest BCUT2D eigenvalue weighted by Crippen LogP contribution is 2.63. The van der Waals surface area contributed by atoms with Gasteiger partial charge < -0.3 is 20.1 Å². The van der Waals surface area contributed by atoms with Crippen LogP contribution in [0.15, 0.2) is 36.4 Å². The van der Waals surface area contributed by atoms with E-state index < -0.39 is 12.1 Å².